The molecule has 0 bridgehead atoms. The van der Waals surface area contributed by atoms with E-state index in [0.29, 0.717) is 5.56 Å². The van der Waals surface area contributed by atoms with Crippen molar-refractivity contribution in [3.8, 4) is 0 Å². The summed E-state index contributed by atoms with van der Waals surface area (Å²) in [5.41, 5.74) is 3.94. The van der Waals surface area contributed by atoms with Crippen molar-refractivity contribution >= 4 is 45.4 Å². The predicted molar refractivity (Wildman–Crippen MR) is 92.5 cm³/mol. The molecule has 0 saturated carbocycles. The Morgan fingerprint density at radius 2 is 2.17 bits per heavy atom. The van der Waals surface area contributed by atoms with Crippen molar-refractivity contribution in [2.24, 2.45) is 5.10 Å². The summed E-state index contributed by atoms with van der Waals surface area (Å²) in [6.45, 7) is 0. The molecule has 0 spiro atoms. The number of fused-ring (bicyclic) bond motifs is 1. The topological polar surface area (TPSA) is 54.4 Å². The molecule has 1 aromatic heterocycles. The number of halogens is 1. The van der Waals surface area contributed by atoms with Crippen LogP contribution in [0.1, 0.15) is 5.56 Å². The van der Waals surface area contributed by atoms with E-state index in [1.165, 1.54) is 30.1 Å². The average Bonchev–Trinajstić information content (AvgIpc) is 2.96. The number of carbonyl (C=O) groups excluding carboxylic acids is 1. The lowest BCUT2D eigenvalue weighted by Crippen LogP contribution is -2.19. The number of aromatic nitrogens is 1. The molecule has 0 aliphatic heterocycles. The van der Waals surface area contributed by atoms with Gasteiger partial charge >= 0.3 is 0 Å². The zero-order chi connectivity index (χ0) is 16.1. The van der Waals surface area contributed by atoms with E-state index in [4.69, 9.17) is 0 Å². The molecule has 23 heavy (non-hydrogen) atoms. The Hall–Kier alpha value is -2.25. The van der Waals surface area contributed by atoms with Crippen LogP contribution in [0.15, 0.2) is 58.0 Å². The van der Waals surface area contributed by atoms with E-state index < -0.39 is 0 Å². The minimum atomic E-state index is -0.341. The number of benzene rings is 2. The standard InChI is InChI=1S/C16H12FN3OS2/c17-12-5-3-4-11(8-12)9-18-20-15(21)10-22-16-19-13-6-1-2-7-14(13)23-16/h1-9H,10H2,(H,20,21)/b18-9+. The predicted octanol–water partition coefficient (Wildman–Crippen LogP) is 3.68. The van der Waals surface area contributed by atoms with E-state index >= 15 is 0 Å². The molecule has 3 aromatic rings. The minimum absolute atomic E-state index is 0.223. The number of hydrogen-bond acceptors (Lipinski definition) is 5. The van der Waals surface area contributed by atoms with Gasteiger partial charge in [0.25, 0.3) is 5.91 Å². The molecule has 0 fully saturated rings. The second kappa shape index (κ2) is 7.34. The van der Waals surface area contributed by atoms with Crippen LogP contribution in [0, 0.1) is 5.82 Å². The van der Waals surface area contributed by atoms with Gasteiger partial charge in [-0.15, -0.1) is 11.3 Å². The maximum Gasteiger partial charge on any atom is 0.250 e. The molecule has 7 heteroatoms. The van der Waals surface area contributed by atoms with Crippen molar-refractivity contribution in [2.45, 2.75) is 4.34 Å². The Kier molecular flexibility index (Phi) is 4.99. The summed E-state index contributed by atoms with van der Waals surface area (Å²) >= 11 is 2.92. The van der Waals surface area contributed by atoms with Crippen molar-refractivity contribution in [3.05, 3.63) is 59.9 Å². The first-order valence-electron chi connectivity index (χ1n) is 6.76. The zero-order valence-corrected chi connectivity index (χ0v) is 13.5. The Morgan fingerprint density at radius 1 is 1.30 bits per heavy atom. The fraction of sp³-hybridized carbons (Fsp3) is 0.0625. The first kappa shape index (κ1) is 15.6. The monoisotopic (exact) mass is 345 g/mol. The number of thioether (sulfide) groups is 1. The highest BCUT2D eigenvalue weighted by molar-refractivity contribution is 8.01. The number of nitrogens with zero attached hydrogens (tertiary/aromatic N) is 2. The minimum Gasteiger partial charge on any atom is -0.272 e. The van der Waals surface area contributed by atoms with Gasteiger partial charge in [0.05, 0.1) is 22.2 Å². The molecule has 1 N–H and O–H groups in total. The third-order valence-corrected chi connectivity index (χ3v) is 5.03. The smallest absolute Gasteiger partial charge is 0.250 e. The van der Waals surface area contributed by atoms with Crippen LogP contribution in [-0.2, 0) is 4.79 Å². The van der Waals surface area contributed by atoms with E-state index in [9.17, 15) is 9.18 Å². The molecule has 0 atom stereocenters. The van der Waals surface area contributed by atoms with Crippen molar-refractivity contribution in [1.82, 2.24) is 10.4 Å². The first-order chi connectivity index (χ1) is 11.2. The molecular formula is C16H12FN3OS2. The largest absolute Gasteiger partial charge is 0.272 e. The molecular weight excluding hydrogens is 333 g/mol. The van der Waals surface area contributed by atoms with Crippen molar-refractivity contribution in [2.75, 3.05) is 5.75 Å². The Morgan fingerprint density at radius 3 is 3.00 bits per heavy atom. The van der Waals surface area contributed by atoms with Gasteiger partial charge in [-0.1, -0.05) is 36.0 Å². The molecule has 0 unspecified atom stereocenters. The van der Waals surface area contributed by atoms with Crippen LogP contribution in [0.4, 0.5) is 4.39 Å². The summed E-state index contributed by atoms with van der Waals surface area (Å²) in [5.74, 6) is -0.353. The highest BCUT2D eigenvalue weighted by Crippen LogP contribution is 2.28. The quantitative estimate of drug-likeness (QED) is 0.436. The molecule has 1 heterocycles. The maximum atomic E-state index is 13.0. The van der Waals surface area contributed by atoms with Crippen molar-refractivity contribution in [1.29, 1.82) is 0 Å². The average molecular weight is 345 g/mol. The van der Waals surface area contributed by atoms with Crippen LogP contribution in [0.2, 0.25) is 0 Å². The van der Waals surface area contributed by atoms with Gasteiger partial charge in [-0.25, -0.2) is 14.8 Å². The molecule has 0 saturated heterocycles. The molecule has 4 nitrogen and oxygen atoms in total. The van der Waals surface area contributed by atoms with Gasteiger partial charge in [0.15, 0.2) is 4.34 Å². The maximum absolute atomic E-state index is 13.0. The van der Waals surface area contributed by atoms with Crippen molar-refractivity contribution in [3.63, 3.8) is 0 Å². The van der Waals surface area contributed by atoms with Crippen molar-refractivity contribution < 1.29 is 9.18 Å². The number of rotatable bonds is 5. The number of thiazole rings is 1. The summed E-state index contributed by atoms with van der Waals surface area (Å²) < 4.78 is 14.9. The molecule has 0 aliphatic rings. The van der Waals surface area contributed by atoms with Gasteiger partial charge < -0.3 is 0 Å². The van der Waals surface area contributed by atoms with E-state index in [1.54, 1.807) is 23.5 Å². The second-order valence-electron chi connectivity index (χ2n) is 4.58. The highest BCUT2D eigenvalue weighted by Gasteiger charge is 2.06. The van der Waals surface area contributed by atoms with Crippen LogP contribution in [0.3, 0.4) is 0 Å². The molecule has 0 aliphatic carbocycles. The Balaban J connectivity index is 1.51. The number of amides is 1. The van der Waals surface area contributed by atoms with Crippen LogP contribution in [0.25, 0.3) is 10.2 Å². The van der Waals surface area contributed by atoms with Crippen LogP contribution < -0.4 is 5.43 Å². The molecule has 1 amide bonds. The Bertz CT molecular complexity index is 830. The molecule has 3 rings (SSSR count). The van der Waals surface area contributed by atoms with E-state index in [0.717, 1.165) is 14.6 Å². The third kappa shape index (κ3) is 4.37. The van der Waals surface area contributed by atoms with Gasteiger partial charge in [0.1, 0.15) is 5.82 Å². The first-order valence-corrected chi connectivity index (χ1v) is 8.57. The summed E-state index contributed by atoms with van der Waals surface area (Å²) in [7, 11) is 0. The summed E-state index contributed by atoms with van der Waals surface area (Å²) in [6.07, 6.45) is 1.41. The fourth-order valence-corrected chi connectivity index (χ4v) is 3.70. The van der Waals surface area contributed by atoms with Crippen LogP contribution in [0.5, 0.6) is 0 Å². The number of nitrogens with one attached hydrogen (secondary N) is 1. The van der Waals surface area contributed by atoms with Gasteiger partial charge in [-0.2, -0.15) is 5.10 Å². The normalized spacial score (nSPS) is 11.2. The number of hydrogen-bond donors (Lipinski definition) is 1. The number of para-hydroxylation sites is 1. The van der Waals surface area contributed by atoms with E-state index in [2.05, 4.69) is 15.5 Å². The Labute approximate surface area is 140 Å². The highest BCUT2D eigenvalue weighted by atomic mass is 32.2. The lowest BCUT2D eigenvalue weighted by atomic mass is 10.2. The summed E-state index contributed by atoms with van der Waals surface area (Å²) in [4.78, 5) is 16.2. The summed E-state index contributed by atoms with van der Waals surface area (Å²) in [5, 5.41) is 3.82. The summed E-state index contributed by atoms with van der Waals surface area (Å²) in [6, 6.07) is 13.8. The van der Waals surface area contributed by atoms with Gasteiger partial charge in [-0.05, 0) is 29.8 Å². The van der Waals surface area contributed by atoms with Gasteiger partial charge in [0.2, 0.25) is 0 Å². The third-order valence-electron chi connectivity index (χ3n) is 2.85. The lowest BCUT2D eigenvalue weighted by Gasteiger charge is -1.97. The number of hydrazone groups is 1. The molecule has 2 aromatic carbocycles. The van der Waals surface area contributed by atoms with E-state index in [-0.39, 0.29) is 17.5 Å². The van der Waals surface area contributed by atoms with Crippen LogP contribution >= 0.6 is 23.1 Å². The van der Waals surface area contributed by atoms with E-state index in [1.807, 2.05) is 24.3 Å². The number of carbonyl (C=O) groups is 1. The zero-order valence-electron chi connectivity index (χ0n) is 11.9. The van der Waals surface area contributed by atoms with Crippen LogP contribution in [-0.4, -0.2) is 22.9 Å². The lowest BCUT2D eigenvalue weighted by molar-refractivity contribution is -0.118. The van der Waals surface area contributed by atoms with Gasteiger partial charge in [-0.3, -0.25) is 4.79 Å². The molecule has 0 radical (unpaired) electrons. The SMILES string of the molecule is O=C(CSc1nc2ccccc2s1)N/N=C/c1cccc(F)c1. The second-order valence-corrected chi connectivity index (χ2v) is 6.84. The van der Waals surface area contributed by atoms with Gasteiger partial charge in [0, 0.05) is 0 Å². The fourth-order valence-electron chi connectivity index (χ4n) is 1.84. The molecule has 116 valence electrons.